The quantitative estimate of drug-likeness (QED) is 0.778. The van der Waals surface area contributed by atoms with Gasteiger partial charge in [0, 0.05) is 13.1 Å². The lowest BCUT2D eigenvalue weighted by Crippen LogP contribution is -2.31. The number of carbonyl (C=O) groups is 1. The molecular formula is C22H20F3NO3S. The first kappa shape index (κ1) is 20.8. The van der Waals surface area contributed by atoms with E-state index in [1.165, 1.54) is 12.1 Å². The van der Waals surface area contributed by atoms with E-state index in [0.717, 1.165) is 34.4 Å². The first-order chi connectivity index (χ1) is 14.2. The summed E-state index contributed by atoms with van der Waals surface area (Å²) in [4.78, 5) is 12.0. The largest absolute Gasteiger partial charge is 0.481 e. The smallest absolute Gasteiger partial charge is 0.416 e. The number of carboxylic acids is 1. The Morgan fingerprint density at radius 3 is 2.43 bits per heavy atom. The van der Waals surface area contributed by atoms with Gasteiger partial charge in [-0.15, -0.1) is 0 Å². The molecule has 30 heavy (non-hydrogen) atoms. The number of nitrogens with zero attached hydrogens (tertiary/aromatic N) is 1. The highest BCUT2D eigenvalue weighted by atomic mass is 32.2. The van der Waals surface area contributed by atoms with Crippen LogP contribution >= 0.6 is 0 Å². The zero-order chi connectivity index (χ0) is 21.5. The van der Waals surface area contributed by atoms with Gasteiger partial charge in [-0.25, -0.2) is 8.51 Å². The van der Waals surface area contributed by atoms with Crippen molar-refractivity contribution >= 4 is 22.5 Å². The Kier molecular flexibility index (Phi) is 5.55. The summed E-state index contributed by atoms with van der Waals surface area (Å²) in [5.74, 6) is -1.32. The number of hydrogen-bond acceptors (Lipinski definition) is 2. The Hall–Kier alpha value is -2.45. The van der Waals surface area contributed by atoms with Crippen LogP contribution in [0, 0.1) is 5.92 Å². The number of halogens is 3. The van der Waals surface area contributed by atoms with Crippen LogP contribution in [0.25, 0.3) is 5.57 Å². The first-order valence-electron chi connectivity index (χ1n) is 9.61. The van der Waals surface area contributed by atoms with Crippen molar-refractivity contribution in [2.45, 2.75) is 30.3 Å². The minimum Gasteiger partial charge on any atom is -0.481 e. The second-order valence-electron chi connectivity index (χ2n) is 7.53. The van der Waals surface area contributed by atoms with Crippen LogP contribution in [-0.4, -0.2) is 32.7 Å². The Bertz CT molecular complexity index is 1030. The molecule has 1 N–H and O–H groups in total. The van der Waals surface area contributed by atoms with E-state index in [2.05, 4.69) is 0 Å². The van der Waals surface area contributed by atoms with Crippen molar-refractivity contribution in [1.29, 1.82) is 0 Å². The number of aliphatic carboxylic acids is 1. The van der Waals surface area contributed by atoms with Gasteiger partial charge in [0.05, 0.1) is 16.4 Å². The topological polar surface area (TPSA) is 57.6 Å². The molecule has 0 radical (unpaired) electrons. The molecular weight excluding hydrogens is 415 g/mol. The number of rotatable bonds is 4. The lowest BCUT2D eigenvalue weighted by molar-refractivity contribution is -0.141. The molecule has 1 aliphatic heterocycles. The molecule has 2 aromatic rings. The molecule has 2 atom stereocenters. The van der Waals surface area contributed by atoms with Crippen molar-refractivity contribution in [2.24, 2.45) is 5.92 Å². The highest BCUT2D eigenvalue weighted by Crippen LogP contribution is 2.34. The summed E-state index contributed by atoms with van der Waals surface area (Å²) in [5, 5.41) is 9.31. The van der Waals surface area contributed by atoms with Crippen LogP contribution in [0.1, 0.15) is 28.7 Å². The fourth-order valence-electron chi connectivity index (χ4n) is 4.03. The Morgan fingerprint density at radius 2 is 1.83 bits per heavy atom. The Labute approximate surface area is 174 Å². The van der Waals surface area contributed by atoms with Gasteiger partial charge in [-0.2, -0.15) is 13.2 Å². The molecule has 0 spiro atoms. The maximum Gasteiger partial charge on any atom is 0.416 e. The van der Waals surface area contributed by atoms with E-state index in [0.29, 0.717) is 37.2 Å². The van der Waals surface area contributed by atoms with Crippen molar-refractivity contribution in [3.05, 3.63) is 70.8 Å². The molecule has 0 aromatic heterocycles. The highest BCUT2D eigenvalue weighted by molar-refractivity contribution is 7.82. The SMILES string of the molecule is O=C(O)C1Cc2cccc(S(=O)N3CC=C(c4ccc(C(F)(F)F)cc4)CC3)c2C1. The molecule has 4 rings (SSSR count). The molecule has 4 nitrogen and oxygen atoms in total. The van der Waals surface area contributed by atoms with Crippen LogP contribution in [0.3, 0.4) is 0 Å². The number of fused-ring (bicyclic) bond motifs is 1. The highest BCUT2D eigenvalue weighted by Gasteiger charge is 2.32. The predicted molar refractivity (Wildman–Crippen MR) is 107 cm³/mol. The van der Waals surface area contributed by atoms with Crippen LogP contribution in [-0.2, 0) is 34.8 Å². The van der Waals surface area contributed by atoms with E-state index in [-0.39, 0.29) is 0 Å². The van der Waals surface area contributed by atoms with Gasteiger partial charge < -0.3 is 5.11 Å². The first-order valence-corrected chi connectivity index (χ1v) is 10.7. The molecule has 0 bridgehead atoms. The molecule has 8 heteroatoms. The standard InChI is InChI=1S/C22H20F3NO3S/c23-22(24,25)18-6-4-14(5-7-18)15-8-10-26(11-9-15)30(29)20-3-1-2-16-12-17(21(27)28)13-19(16)20/h1-8,17H,9-13H2,(H,27,28). The Balaban J connectivity index is 1.49. The summed E-state index contributed by atoms with van der Waals surface area (Å²) < 4.78 is 53.2. The predicted octanol–water partition coefficient (Wildman–Crippen LogP) is 4.32. The number of carboxylic acid groups (broad SMARTS) is 1. The van der Waals surface area contributed by atoms with Crippen molar-refractivity contribution in [3.8, 4) is 0 Å². The molecule has 1 aliphatic carbocycles. The van der Waals surface area contributed by atoms with Crippen LogP contribution in [0.4, 0.5) is 13.2 Å². The van der Waals surface area contributed by atoms with Crippen molar-refractivity contribution in [1.82, 2.24) is 4.31 Å². The van der Waals surface area contributed by atoms with Gasteiger partial charge in [-0.05, 0) is 59.7 Å². The molecule has 2 aliphatic rings. The minimum atomic E-state index is -4.36. The van der Waals surface area contributed by atoms with E-state index < -0.39 is 34.6 Å². The molecule has 0 saturated carbocycles. The maximum absolute atomic E-state index is 13.2. The van der Waals surface area contributed by atoms with Crippen LogP contribution < -0.4 is 0 Å². The second-order valence-corrected chi connectivity index (χ2v) is 8.98. The molecule has 0 saturated heterocycles. The second kappa shape index (κ2) is 8.00. The average molecular weight is 435 g/mol. The van der Waals surface area contributed by atoms with Gasteiger partial charge >= 0.3 is 12.1 Å². The van der Waals surface area contributed by atoms with Gasteiger partial charge in [0.2, 0.25) is 0 Å². The summed E-state index contributed by atoms with van der Waals surface area (Å²) in [7, 11) is -1.42. The maximum atomic E-state index is 13.2. The van der Waals surface area contributed by atoms with Gasteiger partial charge in [0.15, 0.2) is 0 Å². The van der Waals surface area contributed by atoms with Crippen LogP contribution in [0.5, 0.6) is 0 Å². The zero-order valence-corrected chi connectivity index (χ0v) is 16.8. The van der Waals surface area contributed by atoms with Gasteiger partial charge in [-0.3, -0.25) is 4.79 Å². The van der Waals surface area contributed by atoms with Crippen LogP contribution in [0.2, 0.25) is 0 Å². The zero-order valence-electron chi connectivity index (χ0n) is 16.0. The molecule has 1 heterocycles. The summed E-state index contributed by atoms with van der Waals surface area (Å²) in [6.45, 7) is 0.917. The normalized spacial score (nSPS) is 20.5. The fraction of sp³-hybridized carbons (Fsp3) is 0.318. The molecule has 158 valence electrons. The number of benzene rings is 2. The van der Waals surface area contributed by atoms with E-state index >= 15 is 0 Å². The third-order valence-corrected chi connectivity index (χ3v) is 7.23. The monoisotopic (exact) mass is 435 g/mol. The third kappa shape index (κ3) is 4.06. The number of hydrogen-bond donors (Lipinski definition) is 1. The average Bonchev–Trinajstić information content (AvgIpc) is 3.18. The third-order valence-electron chi connectivity index (χ3n) is 5.67. The van der Waals surface area contributed by atoms with Crippen molar-refractivity contribution < 1.29 is 27.3 Å². The van der Waals surface area contributed by atoms with Crippen LogP contribution in [0.15, 0.2) is 53.4 Å². The molecule has 0 amide bonds. The fourth-order valence-corrected chi connectivity index (χ4v) is 5.40. The van der Waals surface area contributed by atoms with Gasteiger partial charge in [0.1, 0.15) is 11.0 Å². The van der Waals surface area contributed by atoms with Crippen molar-refractivity contribution in [3.63, 3.8) is 0 Å². The molecule has 2 unspecified atom stereocenters. The molecule has 2 aromatic carbocycles. The van der Waals surface area contributed by atoms with E-state index in [9.17, 15) is 27.3 Å². The minimum absolute atomic E-state index is 0.382. The number of alkyl halides is 3. The summed E-state index contributed by atoms with van der Waals surface area (Å²) in [6.07, 6.45) is -1.05. The van der Waals surface area contributed by atoms with Gasteiger partial charge in [0.25, 0.3) is 0 Å². The lowest BCUT2D eigenvalue weighted by atomic mass is 9.99. The summed E-state index contributed by atoms with van der Waals surface area (Å²) in [5.41, 5.74) is 2.79. The van der Waals surface area contributed by atoms with E-state index in [4.69, 9.17) is 0 Å². The van der Waals surface area contributed by atoms with Crippen molar-refractivity contribution in [2.75, 3.05) is 13.1 Å². The molecule has 0 fully saturated rings. The lowest BCUT2D eigenvalue weighted by Gasteiger charge is -2.26. The Morgan fingerprint density at radius 1 is 1.10 bits per heavy atom. The van der Waals surface area contributed by atoms with E-state index in [1.807, 2.05) is 18.2 Å². The summed E-state index contributed by atoms with van der Waals surface area (Å²) in [6, 6.07) is 10.6. The van der Waals surface area contributed by atoms with Gasteiger partial charge in [-0.1, -0.05) is 30.3 Å². The summed E-state index contributed by atoms with van der Waals surface area (Å²) >= 11 is 0. The van der Waals surface area contributed by atoms with E-state index in [1.54, 1.807) is 10.4 Å².